The van der Waals surface area contributed by atoms with Gasteiger partial charge in [-0.25, -0.2) is 9.97 Å². The van der Waals surface area contributed by atoms with Gasteiger partial charge >= 0.3 is 0 Å². The van der Waals surface area contributed by atoms with Gasteiger partial charge in [0, 0.05) is 44.0 Å². The smallest absolute Gasteiger partial charge is 0.290 e. The molecule has 0 radical (unpaired) electrons. The maximum absolute atomic E-state index is 8.87. The Morgan fingerprint density at radius 3 is 2.68 bits per heavy atom. The Labute approximate surface area is 182 Å². The van der Waals surface area contributed by atoms with E-state index in [1.165, 1.54) is 5.56 Å². The molecule has 2 fully saturated rings. The fourth-order valence-electron chi connectivity index (χ4n) is 3.96. The van der Waals surface area contributed by atoms with E-state index in [1.807, 2.05) is 31.3 Å². The zero-order valence-corrected chi connectivity index (χ0v) is 17.8. The number of carboxylic acid groups (broad SMARTS) is 1. The number of aliphatic hydroxyl groups excluding tert-OH is 1. The molecule has 2 N–H and O–H groups in total. The van der Waals surface area contributed by atoms with Crippen molar-refractivity contribution in [1.29, 1.82) is 0 Å². The van der Waals surface area contributed by atoms with Crippen LogP contribution >= 0.6 is 0 Å². The Morgan fingerprint density at radius 2 is 1.97 bits per heavy atom. The second kappa shape index (κ2) is 11.6. The van der Waals surface area contributed by atoms with Gasteiger partial charge in [-0.1, -0.05) is 12.1 Å². The van der Waals surface area contributed by atoms with Crippen molar-refractivity contribution in [1.82, 2.24) is 14.9 Å². The fraction of sp³-hybridized carbons (Fsp3) is 0.500. The fourth-order valence-corrected chi connectivity index (χ4v) is 3.96. The maximum atomic E-state index is 8.87. The van der Waals surface area contributed by atoms with Gasteiger partial charge in [-0.05, 0) is 30.7 Å². The highest BCUT2D eigenvalue weighted by Gasteiger charge is 2.34. The molecule has 0 aliphatic carbocycles. The lowest BCUT2D eigenvalue weighted by atomic mass is 10.1. The molecule has 3 heterocycles. The topological polar surface area (TPSA) is 108 Å². The Hall–Kier alpha value is -2.75. The molecule has 2 aliphatic heterocycles. The molecular formula is C22H30N4O5. The summed E-state index contributed by atoms with van der Waals surface area (Å²) in [6.07, 6.45) is 1.84. The van der Waals surface area contributed by atoms with Crippen molar-refractivity contribution in [3.8, 4) is 5.75 Å². The van der Waals surface area contributed by atoms with Crippen molar-refractivity contribution >= 4 is 12.4 Å². The number of hydrogen-bond donors (Lipinski definition) is 2. The van der Waals surface area contributed by atoms with Crippen LogP contribution in [0.5, 0.6) is 5.75 Å². The molecule has 0 amide bonds. The lowest BCUT2D eigenvalue weighted by Crippen LogP contribution is -2.44. The van der Waals surface area contributed by atoms with E-state index in [4.69, 9.17) is 24.5 Å². The van der Waals surface area contributed by atoms with Crippen molar-refractivity contribution in [3.05, 3.63) is 47.8 Å². The predicted octanol–water partition coefficient (Wildman–Crippen LogP) is 1.19. The molecule has 1 aromatic carbocycles. The quantitative estimate of drug-likeness (QED) is 0.653. The molecule has 31 heavy (non-hydrogen) atoms. The summed E-state index contributed by atoms with van der Waals surface area (Å²) < 4.78 is 11.4. The van der Waals surface area contributed by atoms with Gasteiger partial charge in [0.05, 0.1) is 25.9 Å². The summed E-state index contributed by atoms with van der Waals surface area (Å²) in [5.41, 5.74) is 2.25. The summed E-state index contributed by atoms with van der Waals surface area (Å²) in [6, 6.07) is 10.4. The number of ether oxygens (including phenoxy) is 2. The minimum Gasteiger partial charge on any atom is -0.491 e. The summed E-state index contributed by atoms with van der Waals surface area (Å²) in [4.78, 5) is 22.3. The first-order valence-corrected chi connectivity index (χ1v) is 10.4. The van der Waals surface area contributed by atoms with Gasteiger partial charge < -0.3 is 24.6 Å². The summed E-state index contributed by atoms with van der Waals surface area (Å²) >= 11 is 0. The Morgan fingerprint density at radius 1 is 1.19 bits per heavy atom. The summed E-state index contributed by atoms with van der Waals surface area (Å²) in [5.74, 6) is 2.05. The molecule has 2 saturated heterocycles. The normalized spacial score (nSPS) is 20.9. The average molecular weight is 431 g/mol. The highest BCUT2D eigenvalue weighted by Crippen LogP contribution is 2.24. The number of aliphatic hydroxyl groups is 1. The molecule has 0 spiro atoms. The zero-order valence-electron chi connectivity index (χ0n) is 17.8. The van der Waals surface area contributed by atoms with Gasteiger partial charge in [-0.2, -0.15) is 0 Å². The van der Waals surface area contributed by atoms with E-state index in [1.54, 1.807) is 0 Å². The third-order valence-electron chi connectivity index (χ3n) is 5.32. The number of anilines is 1. The first-order chi connectivity index (χ1) is 15.1. The van der Waals surface area contributed by atoms with E-state index in [0.29, 0.717) is 18.6 Å². The van der Waals surface area contributed by atoms with Crippen LogP contribution in [0.4, 0.5) is 5.95 Å². The first kappa shape index (κ1) is 22.9. The summed E-state index contributed by atoms with van der Waals surface area (Å²) in [6.45, 7) is 7.31. The standard InChI is InChI=1S/C21H28N4O3.CH2O2/c1-16-6-7-22-21(23-16)25-12-18-11-24(19(13-25)15-27-14-18)10-17-2-4-20(5-3-17)28-9-8-26;2-1-3/h2-7,18-19,26H,8-15H2,1H3;1H,(H,2,3)/t18-,19+;/m1./s1. The van der Waals surface area contributed by atoms with E-state index >= 15 is 0 Å². The molecule has 2 atom stereocenters. The molecule has 1 aromatic heterocycles. The zero-order chi connectivity index (χ0) is 22.1. The van der Waals surface area contributed by atoms with Crippen molar-refractivity contribution in [2.45, 2.75) is 19.5 Å². The number of hydrogen-bond acceptors (Lipinski definition) is 8. The predicted molar refractivity (Wildman–Crippen MR) is 115 cm³/mol. The van der Waals surface area contributed by atoms with Crippen LogP contribution < -0.4 is 9.64 Å². The Balaban J connectivity index is 0.000000858. The first-order valence-electron chi connectivity index (χ1n) is 10.4. The van der Waals surface area contributed by atoms with E-state index in [0.717, 1.165) is 56.8 Å². The maximum Gasteiger partial charge on any atom is 0.290 e. The van der Waals surface area contributed by atoms with E-state index < -0.39 is 0 Å². The number of aryl methyl sites for hydroxylation is 1. The van der Waals surface area contributed by atoms with Crippen LogP contribution in [0.15, 0.2) is 36.5 Å². The van der Waals surface area contributed by atoms with Crippen LogP contribution in [-0.4, -0.2) is 83.7 Å². The van der Waals surface area contributed by atoms with Crippen molar-refractivity contribution < 1.29 is 24.5 Å². The monoisotopic (exact) mass is 430 g/mol. The SMILES string of the molecule is Cc1ccnc(N2C[C@@H]3COC[C@H](C2)N(Cc2ccc(OCCO)cc2)C3)n1.O=CO. The molecular weight excluding hydrogens is 400 g/mol. The van der Waals surface area contributed by atoms with Crippen molar-refractivity contribution in [3.63, 3.8) is 0 Å². The molecule has 2 aliphatic rings. The van der Waals surface area contributed by atoms with Crippen LogP contribution in [0.2, 0.25) is 0 Å². The van der Waals surface area contributed by atoms with Crippen molar-refractivity contribution in [2.24, 2.45) is 5.92 Å². The van der Waals surface area contributed by atoms with Gasteiger partial charge in [0.15, 0.2) is 0 Å². The molecule has 4 rings (SSSR count). The van der Waals surface area contributed by atoms with E-state index in [-0.39, 0.29) is 13.1 Å². The largest absolute Gasteiger partial charge is 0.491 e. The Kier molecular flexibility index (Phi) is 8.57. The lowest BCUT2D eigenvalue weighted by Gasteiger charge is -2.31. The van der Waals surface area contributed by atoms with Crippen LogP contribution in [-0.2, 0) is 16.1 Å². The minimum atomic E-state index is -0.250. The molecule has 0 unspecified atom stereocenters. The van der Waals surface area contributed by atoms with Crippen LogP contribution in [0.1, 0.15) is 11.3 Å². The van der Waals surface area contributed by atoms with Crippen LogP contribution in [0.25, 0.3) is 0 Å². The lowest BCUT2D eigenvalue weighted by molar-refractivity contribution is -0.122. The number of benzene rings is 1. The van der Waals surface area contributed by atoms with Gasteiger partial charge in [0.2, 0.25) is 5.95 Å². The molecule has 168 valence electrons. The average Bonchev–Trinajstić information content (AvgIpc) is 3.04. The van der Waals surface area contributed by atoms with E-state index in [2.05, 4.69) is 31.9 Å². The van der Waals surface area contributed by atoms with Crippen LogP contribution in [0.3, 0.4) is 0 Å². The van der Waals surface area contributed by atoms with Gasteiger partial charge in [-0.15, -0.1) is 0 Å². The number of carbonyl (C=O) groups is 1. The number of fused-ring (bicyclic) bond motifs is 3. The molecule has 0 saturated carbocycles. The second-order valence-corrected chi connectivity index (χ2v) is 7.71. The number of aromatic nitrogens is 2. The molecule has 2 aromatic rings. The minimum absolute atomic E-state index is 0.0275. The second-order valence-electron chi connectivity index (χ2n) is 7.71. The van der Waals surface area contributed by atoms with Gasteiger partial charge in [0.1, 0.15) is 12.4 Å². The van der Waals surface area contributed by atoms with E-state index in [9.17, 15) is 0 Å². The van der Waals surface area contributed by atoms with Crippen LogP contribution in [0, 0.1) is 12.8 Å². The summed E-state index contributed by atoms with van der Waals surface area (Å²) in [5, 5.41) is 15.8. The molecule has 2 bridgehead atoms. The number of rotatable bonds is 6. The van der Waals surface area contributed by atoms with Gasteiger partial charge in [-0.3, -0.25) is 9.69 Å². The highest BCUT2D eigenvalue weighted by atomic mass is 16.5. The van der Waals surface area contributed by atoms with Gasteiger partial charge in [0.25, 0.3) is 6.47 Å². The third kappa shape index (κ3) is 6.61. The summed E-state index contributed by atoms with van der Waals surface area (Å²) in [7, 11) is 0. The molecule has 9 nitrogen and oxygen atoms in total. The third-order valence-corrected chi connectivity index (χ3v) is 5.32. The number of nitrogens with zero attached hydrogens (tertiary/aromatic N) is 4. The highest BCUT2D eigenvalue weighted by molar-refractivity contribution is 5.33. The van der Waals surface area contributed by atoms with Crippen molar-refractivity contribution in [2.75, 3.05) is 51.0 Å². The Bertz CT molecular complexity index is 820. The molecule has 9 heteroatoms.